The van der Waals surface area contributed by atoms with E-state index in [9.17, 15) is 0 Å². The van der Waals surface area contributed by atoms with Crippen molar-refractivity contribution in [1.29, 1.82) is 0 Å². The topological polar surface area (TPSA) is 51.5 Å². The lowest BCUT2D eigenvalue weighted by Gasteiger charge is -2.07. The SMILES string of the molecule is CN=c1ccc2cc3ccc(CN)cc3oc-2c1. The highest BCUT2D eigenvalue weighted by molar-refractivity contribution is 5.83. The first-order valence-electron chi connectivity index (χ1n) is 5.89. The van der Waals surface area contributed by atoms with Crippen molar-refractivity contribution in [2.45, 2.75) is 6.54 Å². The molecule has 0 spiro atoms. The molecule has 0 saturated heterocycles. The molecule has 2 N–H and O–H groups in total. The number of nitrogens with two attached hydrogens (primary N) is 1. The van der Waals surface area contributed by atoms with Gasteiger partial charge >= 0.3 is 0 Å². The highest BCUT2D eigenvalue weighted by Gasteiger charge is 2.06. The Morgan fingerprint density at radius 2 is 2.00 bits per heavy atom. The minimum Gasteiger partial charge on any atom is -0.456 e. The Balaban J connectivity index is 2.34. The van der Waals surface area contributed by atoms with Gasteiger partial charge in [-0.25, -0.2) is 0 Å². The Morgan fingerprint density at radius 1 is 1.11 bits per heavy atom. The molecule has 0 saturated carbocycles. The van der Waals surface area contributed by atoms with Crippen LogP contribution in [0.2, 0.25) is 0 Å². The zero-order chi connectivity index (χ0) is 12.5. The zero-order valence-corrected chi connectivity index (χ0v) is 10.2. The molecular formula is C15H14N2O. The molecule has 18 heavy (non-hydrogen) atoms. The van der Waals surface area contributed by atoms with Crippen LogP contribution in [-0.2, 0) is 6.54 Å². The zero-order valence-electron chi connectivity index (χ0n) is 10.2. The Morgan fingerprint density at radius 3 is 2.78 bits per heavy atom. The fourth-order valence-corrected chi connectivity index (χ4v) is 2.07. The van der Waals surface area contributed by atoms with Crippen LogP contribution in [0, 0.1) is 0 Å². The lowest BCUT2D eigenvalue weighted by Crippen LogP contribution is -2.00. The maximum Gasteiger partial charge on any atom is 0.136 e. The van der Waals surface area contributed by atoms with Gasteiger partial charge in [-0.1, -0.05) is 12.1 Å². The predicted octanol–water partition coefficient (Wildman–Crippen LogP) is 2.53. The van der Waals surface area contributed by atoms with Crippen molar-refractivity contribution in [3.05, 3.63) is 53.4 Å². The molecule has 0 radical (unpaired) electrons. The third-order valence-corrected chi connectivity index (χ3v) is 3.10. The van der Waals surface area contributed by atoms with E-state index >= 15 is 0 Å². The van der Waals surface area contributed by atoms with Crippen molar-refractivity contribution in [1.82, 2.24) is 0 Å². The molecule has 2 aliphatic rings. The van der Waals surface area contributed by atoms with Crippen LogP contribution in [0.1, 0.15) is 5.56 Å². The molecule has 1 aromatic carbocycles. The summed E-state index contributed by atoms with van der Waals surface area (Å²) in [4.78, 5) is 4.15. The van der Waals surface area contributed by atoms with Crippen molar-refractivity contribution in [2.24, 2.45) is 10.7 Å². The smallest absolute Gasteiger partial charge is 0.136 e. The second-order valence-electron chi connectivity index (χ2n) is 4.27. The van der Waals surface area contributed by atoms with Gasteiger partial charge in [0.05, 0.1) is 5.36 Å². The summed E-state index contributed by atoms with van der Waals surface area (Å²) >= 11 is 0. The Bertz CT molecular complexity index is 743. The van der Waals surface area contributed by atoms with Gasteiger partial charge in [0.2, 0.25) is 0 Å². The van der Waals surface area contributed by atoms with E-state index < -0.39 is 0 Å². The molecule has 0 bridgehead atoms. The molecule has 3 rings (SSSR count). The van der Waals surface area contributed by atoms with Crippen molar-refractivity contribution in [2.75, 3.05) is 7.05 Å². The molecule has 0 fully saturated rings. The number of hydrogen-bond acceptors (Lipinski definition) is 3. The third-order valence-electron chi connectivity index (χ3n) is 3.10. The molecule has 1 aliphatic heterocycles. The van der Waals surface area contributed by atoms with Gasteiger partial charge in [-0.15, -0.1) is 0 Å². The normalized spacial score (nSPS) is 12.4. The number of nitrogens with zero attached hydrogens (tertiary/aromatic N) is 1. The second-order valence-corrected chi connectivity index (χ2v) is 4.27. The van der Waals surface area contributed by atoms with E-state index in [1.165, 1.54) is 0 Å². The van der Waals surface area contributed by atoms with Crippen molar-refractivity contribution in [3.8, 4) is 11.3 Å². The van der Waals surface area contributed by atoms with Gasteiger partial charge in [0.25, 0.3) is 0 Å². The highest BCUT2D eigenvalue weighted by Crippen LogP contribution is 2.27. The summed E-state index contributed by atoms with van der Waals surface area (Å²) in [6.07, 6.45) is 0. The van der Waals surface area contributed by atoms with E-state index in [0.29, 0.717) is 6.54 Å². The Hall–Kier alpha value is -2.13. The molecule has 1 aliphatic carbocycles. The van der Waals surface area contributed by atoms with Crippen molar-refractivity contribution < 1.29 is 4.42 Å². The first-order chi connectivity index (χ1) is 8.80. The van der Waals surface area contributed by atoms with Gasteiger partial charge in [-0.05, 0) is 29.8 Å². The minimum atomic E-state index is 0.522. The van der Waals surface area contributed by atoms with Crippen LogP contribution in [0.15, 0.2) is 51.9 Å². The van der Waals surface area contributed by atoms with Crippen LogP contribution in [0.25, 0.3) is 22.3 Å². The molecule has 0 amide bonds. The van der Waals surface area contributed by atoms with Crippen LogP contribution in [-0.4, -0.2) is 7.05 Å². The van der Waals surface area contributed by atoms with Gasteiger partial charge in [0.1, 0.15) is 11.3 Å². The highest BCUT2D eigenvalue weighted by atomic mass is 16.3. The molecule has 1 aromatic rings. The fraction of sp³-hybridized carbons (Fsp3) is 0.133. The lowest BCUT2D eigenvalue weighted by molar-refractivity contribution is 0.618. The number of hydrogen-bond donors (Lipinski definition) is 1. The maximum atomic E-state index is 5.92. The summed E-state index contributed by atoms with van der Waals surface area (Å²) < 4.78 is 5.92. The van der Waals surface area contributed by atoms with Gasteiger partial charge in [-0.3, -0.25) is 4.99 Å². The summed E-state index contributed by atoms with van der Waals surface area (Å²) in [6, 6.07) is 14.1. The van der Waals surface area contributed by atoms with Crippen LogP contribution >= 0.6 is 0 Å². The van der Waals surface area contributed by atoms with Crippen LogP contribution < -0.4 is 11.1 Å². The van der Waals surface area contributed by atoms with Crippen LogP contribution in [0.4, 0.5) is 0 Å². The Kier molecular flexibility index (Phi) is 2.61. The monoisotopic (exact) mass is 238 g/mol. The minimum absolute atomic E-state index is 0.522. The number of fused-ring (bicyclic) bond motifs is 2. The first kappa shape index (κ1) is 11.0. The van der Waals surface area contributed by atoms with E-state index in [4.69, 9.17) is 10.2 Å². The standard InChI is InChI=1S/C15H14N2O/c1-17-13-5-4-12-7-11-3-2-10(9-16)6-14(11)18-15(12)8-13/h2-8H,9,16H2,1H3. The first-order valence-corrected chi connectivity index (χ1v) is 5.89. The van der Waals surface area contributed by atoms with Gasteiger partial charge in [-0.2, -0.15) is 0 Å². The summed E-state index contributed by atoms with van der Waals surface area (Å²) in [6.45, 7) is 0.522. The maximum absolute atomic E-state index is 5.92. The number of benzene rings is 2. The fourth-order valence-electron chi connectivity index (χ4n) is 2.07. The van der Waals surface area contributed by atoms with E-state index in [1.54, 1.807) is 7.05 Å². The van der Waals surface area contributed by atoms with Crippen LogP contribution in [0.3, 0.4) is 0 Å². The predicted molar refractivity (Wildman–Crippen MR) is 72.2 cm³/mol. The largest absolute Gasteiger partial charge is 0.456 e. The van der Waals surface area contributed by atoms with E-state index in [1.807, 2.05) is 36.4 Å². The molecule has 3 heteroatoms. The molecule has 1 heterocycles. The average molecular weight is 238 g/mol. The molecule has 0 atom stereocenters. The summed E-state index contributed by atoms with van der Waals surface area (Å²) in [7, 11) is 1.77. The molecule has 0 aromatic heterocycles. The summed E-state index contributed by atoms with van der Waals surface area (Å²) in [5.74, 6) is 0.847. The second kappa shape index (κ2) is 4.27. The third kappa shape index (κ3) is 1.79. The van der Waals surface area contributed by atoms with Crippen molar-refractivity contribution >= 4 is 11.0 Å². The van der Waals surface area contributed by atoms with Crippen molar-refractivity contribution in [3.63, 3.8) is 0 Å². The molecule has 90 valence electrons. The van der Waals surface area contributed by atoms with Gasteiger partial charge < -0.3 is 10.2 Å². The van der Waals surface area contributed by atoms with Gasteiger partial charge in [0.15, 0.2) is 0 Å². The molecular weight excluding hydrogens is 224 g/mol. The molecule has 3 nitrogen and oxygen atoms in total. The van der Waals surface area contributed by atoms with E-state index in [2.05, 4.69) is 11.1 Å². The Labute approximate surface area is 105 Å². The number of rotatable bonds is 1. The van der Waals surface area contributed by atoms with Gasteiger partial charge in [0, 0.05) is 30.6 Å². The summed E-state index contributed by atoms with van der Waals surface area (Å²) in [5, 5.41) is 2.00. The quantitative estimate of drug-likeness (QED) is 0.662. The average Bonchev–Trinajstić information content (AvgIpc) is 2.43. The lowest BCUT2D eigenvalue weighted by atomic mass is 10.1. The van der Waals surface area contributed by atoms with E-state index in [0.717, 1.165) is 33.2 Å². The molecule has 0 unspecified atom stereocenters. The van der Waals surface area contributed by atoms with E-state index in [-0.39, 0.29) is 0 Å². The van der Waals surface area contributed by atoms with Crippen LogP contribution in [0.5, 0.6) is 0 Å². The summed E-state index contributed by atoms with van der Waals surface area (Å²) in [5.41, 5.74) is 8.65.